The van der Waals surface area contributed by atoms with Crippen LogP contribution in [0.1, 0.15) is 47.5 Å². The normalized spacial score (nSPS) is 23.2. The van der Waals surface area contributed by atoms with Crippen LogP contribution in [0, 0.1) is 28.9 Å². The molecule has 2 fully saturated rings. The van der Waals surface area contributed by atoms with E-state index in [4.69, 9.17) is 9.47 Å². The van der Waals surface area contributed by atoms with Gasteiger partial charge in [-0.3, -0.25) is 9.59 Å². The fourth-order valence-electron chi connectivity index (χ4n) is 4.99. The minimum absolute atomic E-state index is 0.0862. The molecular formula is C26H37F2N3O5. The zero-order valence-corrected chi connectivity index (χ0v) is 21.8. The van der Waals surface area contributed by atoms with Crippen LogP contribution in [0.15, 0.2) is 18.2 Å². The Morgan fingerprint density at radius 2 is 1.86 bits per heavy atom. The van der Waals surface area contributed by atoms with Gasteiger partial charge in [-0.1, -0.05) is 34.6 Å². The molecule has 0 aromatic heterocycles. The van der Waals surface area contributed by atoms with Crippen LogP contribution in [-0.2, 0) is 14.3 Å². The monoisotopic (exact) mass is 509 g/mol. The first-order chi connectivity index (χ1) is 16.9. The van der Waals surface area contributed by atoms with Crippen molar-refractivity contribution < 1.29 is 32.6 Å². The first kappa shape index (κ1) is 27.7. The van der Waals surface area contributed by atoms with E-state index in [-0.39, 0.29) is 54.6 Å². The van der Waals surface area contributed by atoms with Gasteiger partial charge in [0.15, 0.2) is 11.6 Å². The highest BCUT2D eigenvalue weighted by molar-refractivity contribution is 5.89. The Hall–Kier alpha value is -2.91. The molecule has 1 aromatic rings. The fraction of sp³-hybridized carbons (Fsp3) is 0.654. The predicted octanol–water partition coefficient (Wildman–Crippen LogP) is 3.59. The maximum absolute atomic E-state index is 13.9. The number of likely N-dealkylation sites (tertiary alicyclic amines) is 2. The van der Waals surface area contributed by atoms with Gasteiger partial charge in [0.25, 0.3) is 0 Å². The van der Waals surface area contributed by atoms with E-state index < -0.39 is 29.2 Å². The van der Waals surface area contributed by atoms with Crippen LogP contribution in [0.3, 0.4) is 0 Å². The predicted molar refractivity (Wildman–Crippen MR) is 129 cm³/mol. The maximum Gasteiger partial charge on any atom is 0.409 e. The summed E-state index contributed by atoms with van der Waals surface area (Å²) in [6.07, 6.45) is 0.721. The van der Waals surface area contributed by atoms with Gasteiger partial charge in [0, 0.05) is 31.0 Å². The first-order valence-electron chi connectivity index (χ1n) is 12.4. The second kappa shape index (κ2) is 11.0. The number of nitrogens with one attached hydrogen (secondary N) is 1. The lowest BCUT2D eigenvalue weighted by Gasteiger charge is -2.37. The van der Waals surface area contributed by atoms with Crippen LogP contribution in [-0.4, -0.2) is 72.6 Å². The van der Waals surface area contributed by atoms with Gasteiger partial charge >= 0.3 is 6.09 Å². The number of carbonyl (C=O) groups excluding carboxylic acids is 3. The van der Waals surface area contributed by atoms with Crippen molar-refractivity contribution in [3.8, 4) is 5.75 Å². The van der Waals surface area contributed by atoms with E-state index in [9.17, 15) is 23.2 Å². The number of benzene rings is 1. The molecule has 1 aromatic carbocycles. The molecule has 2 heterocycles. The molecule has 2 saturated heterocycles. The maximum atomic E-state index is 13.9. The number of ether oxygens (including phenoxy) is 2. The molecule has 3 rings (SSSR count). The van der Waals surface area contributed by atoms with Crippen LogP contribution < -0.4 is 10.1 Å². The molecule has 5 atom stereocenters. The first-order valence-corrected chi connectivity index (χ1v) is 12.4. The second-order valence-corrected chi connectivity index (χ2v) is 10.8. The molecule has 1 N–H and O–H groups in total. The number of amides is 3. The Morgan fingerprint density at radius 3 is 2.44 bits per heavy atom. The number of hydrogen-bond acceptors (Lipinski definition) is 5. The van der Waals surface area contributed by atoms with Gasteiger partial charge in [0.2, 0.25) is 11.8 Å². The third-order valence-corrected chi connectivity index (χ3v) is 7.24. The van der Waals surface area contributed by atoms with Crippen LogP contribution in [0.4, 0.5) is 13.6 Å². The van der Waals surface area contributed by atoms with Crippen LogP contribution in [0.2, 0.25) is 0 Å². The average Bonchev–Trinajstić information content (AvgIpc) is 3.42. The summed E-state index contributed by atoms with van der Waals surface area (Å²) in [4.78, 5) is 42.4. The van der Waals surface area contributed by atoms with E-state index in [0.717, 1.165) is 12.1 Å². The molecule has 2 aliphatic heterocycles. The number of halogens is 2. The lowest BCUT2D eigenvalue weighted by atomic mass is 9.84. The van der Waals surface area contributed by atoms with E-state index in [1.165, 1.54) is 13.2 Å². The van der Waals surface area contributed by atoms with Crippen LogP contribution in [0.25, 0.3) is 0 Å². The molecule has 8 nitrogen and oxygen atoms in total. The molecule has 10 heteroatoms. The van der Waals surface area contributed by atoms with E-state index >= 15 is 0 Å². The SMILES string of the molecule is CC[C@@H](C)C(=O)N[C@H](C(=O)N1CC[C@@H]2[C@H]1[C@@H](COc1ccc(F)c(F)c1)CN2C(=O)OC)C(C)(C)C. The zero-order valence-electron chi connectivity index (χ0n) is 21.8. The standard InChI is InChI=1S/C26H37F2N3O5/c1-7-15(2)23(32)29-22(26(3,4)5)24(33)30-11-10-20-21(30)16(13-31(20)25(34)35-6)14-36-17-8-9-18(27)19(28)12-17/h8-9,12,15-16,20-22H,7,10-11,13-14H2,1-6H3,(H,29,32)/t15-,16-,20-,21-,22-/m1/s1. The smallest absolute Gasteiger partial charge is 0.409 e. The largest absolute Gasteiger partial charge is 0.493 e. The minimum atomic E-state index is -1.02. The van der Waals surface area contributed by atoms with Gasteiger partial charge in [-0.25, -0.2) is 13.6 Å². The van der Waals surface area contributed by atoms with Gasteiger partial charge in [-0.2, -0.15) is 0 Å². The summed E-state index contributed by atoms with van der Waals surface area (Å²) < 4.78 is 37.7. The van der Waals surface area contributed by atoms with Crippen LogP contribution >= 0.6 is 0 Å². The number of carbonyl (C=O) groups is 3. The molecule has 0 bridgehead atoms. The van der Waals surface area contributed by atoms with Gasteiger partial charge in [-0.15, -0.1) is 0 Å². The third-order valence-electron chi connectivity index (χ3n) is 7.24. The number of hydrogen-bond donors (Lipinski definition) is 1. The van der Waals surface area contributed by atoms with Crippen molar-refractivity contribution in [2.24, 2.45) is 17.3 Å². The molecular weight excluding hydrogens is 472 g/mol. The molecule has 200 valence electrons. The van der Waals surface area contributed by atoms with Crippen molar-refractivity contribution in [3.63, 3.8) is 0 Å². The molecule has 2 aliphatic rings. The summed E-state index contributed by atoms with van der Waals surface area (Å²) in [6, 6.07) is 1.90. The van der Waals surface area contributed by atoms with Crippen molar-refractivity contribution in [3.05, 3.63) is 29.8 Å². The van der Waals surface area contributed by atoms with E-state index in [1.807, 2.05) is 34.6 Å². The summed E-state index contributed by atoms with van der Waals surface area (Å²) in [6.45, 7) is 10.2. The summed E-state index contributed by atoms with van der Waals surface area (Å²) in [5, 5.41) is 2.95. The van der Waals surface area contributed by atoms with Gasteiger partial charge in [-0.05, 0) is 30.4 Å². The number of fused-ring (bicyclic) bond motifs is 1. The zero-order chi connectivity index (χ0) is 26.8. The molecule has 0 unspecified atom stereocenters. The number of methoxy groups -OCH3 is 1. The van der Waals surface area contributed by atoms with Crippen molar-refractivity contribution >= 4 is 17.9 Å². The highest BCUT2D eigenvalue weighted by Crippen LogP contribution is 2.38. The van der Waals surface area contributed by atoms with E-state index in [2.05, 4.69) is 5.32 Å². The Kier molecular flexibility index (Phi) is 8.46. The second-order valence-electron chi connectivity index (χ2n) is 10.8. The quantitative estimate of drug-likeness (QED) is 0.607. The van der Waals surface area contributed by atoms with Gasteiger partial charge in [0.1, 0.15) is 11.8 Å². The summed E-state index contributed by atoms with van der Waals surface area (Å²) >= 11 is 0. The van der Waals surface area contributed by atoms with Crippen molar-refractivity contribution in [1.29, 1.82) is 0 Å². The topological polar surface area (TPSA) is 88.2 Å². The van der Waals surface area contributed by atoms with Crippen molar-refractivity contribution in [2.45, 2.75) is 65.6 Å². The molecule has 0 spiro atoms. The number of nitrogens with zero attached hydrogens (tertiary/aromatic N) is 2. The molecule has 0 saturated carbocycles. The Bertz CT molecular complexity index is 983. The molecule has 36 heavy (non-hydrogen) atoms. The van der Waals surface area contributed by atoms with Crippen LogP contribution in [0.5, 0.6) is 5.75 Å². The molecule has 3 amide bonds. The third kappa shape index (κ3) is 5.73. The minimum Gasteiger partial charge on any atom is -0.493 e. The number of rotatable bonds is 7. The summed E-state index contributed by atoms with van der Waals surface area (Å²) in [5.74, 6) is -2.74. The molecule has 0 aliphatic carbocycles. The summed E-state index contributed by atoms with van der Waals surface area (Å²) in [7, 11) is 1.31. The highest BCUT2D eigenvalue weighted by atomic mass is 19.2. The highest BCUT2D eigenvalue weighted by Gasteiger charge is 2.54. The van der Waals surface area contributed by atoms with Gasteiger partial charge < -0.3 is 24.6 Å². The lowest BCUT2D eigenvalue weighted by Crippen LogP contribution is -2.58. The Labute approximate surface area is 211 Å². The Morgan fingerprint density at radius 1 is 1.17 bits per heavy atom. The fourth-order valence-corrected chi connectivity index (χ4v) is 4.99. The van der Waals surface area contributed by atoms with Crippen molar-refractivity contribution in [1.82, 2.24) is 15.1 Å². The van der Waals surface area contributed by atoms with Crippen molar-refractivity contribution in [2.75, 3.05) is 26.8 Å². The summed E-state index contributed by atoms with van der Waals surface area (Å²) in [5.41, 5.74) is -0.545. The molecule has 0 radical (unpaired) electrons. The van der Waals surface area contributed by atoms with E-state index in [0.29, 0.717) is 19.4 Å². The lowest BCUT2D eigenvalue weighted by molar-refractivity contribution is -0.141. The van der Waals surface area contributed by atoms with Gasteiger partial charge in [0.05, 0.1) is 25.8 Å². The average molecular weight is 510 g/mol. The Balaban J connectivity index is 1.85. The van der Waals surface area contributed by atoms with E-state index in [1.54, 1.807) is 9.80 Å².